The highest BCUT2D eigenvalue weighted by atomic mass is 19.2. The summed E-state index contributed by atoms with van der Waals surface area (Å²) in [6.07, 6.45) is 3.99. The van der Waals surface area contributed by atoms with E-state index in [1.165, 1.54) is 12.1 Å². The van der Waals surface area contributed by atoms with Crippen molar-refractivity contribution in [3.8, 4) is 0 Å². The quantitative estimate of drug-likeness (QED) is 0.755. The van der Waals surface area contributed by atoms with Gasteiger partial charge < -0.3 is 5.32 Å². The molecule has 0 unspecified atom stereocenters. The molecule has 2 N–H and O–H groups in total. The fraction of sp³-hybridized carbons (Fsp3) is 0.316. The maximum absolute atomic E-state index is 13.4. The fourth-order valence-electron chi connectivity index (χ4n) is 3.48. The molecule has 0 bridgehead atoms. The second kappa shape index (κ2) is 6.80. The topological polar surface area (TPSA) is 44.0 Å². The first-order valence-corrected chi connectivity index (χ1v) is 8.53. The van der Waals surface area contributed by atoms with Crippen molar-refractivity contribution in [2.45, 2.75) is 25.4 Å². The zero-order chi connectivity index (χ0) is 17.2. The number of aromatic amines is 1. The standard InChI is InChI=1S/C19H20F2N4/c20-17-5-3-13(8-18(17)21)11-25-7-1-2-16(12-25)23-15-4-6-19-14(9-15)10-22-24-19/h3-6,8-10,16,23H,1-2,7,11-12H2,(H,22,24)/t16-/m1/s1. The lowest BCUT2D eigenvalue weighted by Crippen LogP contribution is -2.41. The van der Waals surface area contributed by atoms with E-state index < -0.39 is 11.6 Å². The number of halogens is 2. The summed E-state index contributed by atoms with van der Waals surface area (Å²) >= 11 is 0. The summed E-state index contributed by atoms with van der Waals surface area (Å²) in [5.41, 5.74) is 2.90. The first kappa shape index (κ1) is 16.0. The van der Waals surface area contributed by atoms with Crippen molar-refractivity contribution in [3.05, 3.63) is 59.8 Å². The van der Waals surface area contributed by atoms with E-state index >= 15 is 0 Å². The summed E-state index contributed by atoms with van der Waals surface area (Å²) in [7, 11) is 0. The number of aromatic nitrogens is 2. The van der Waals surface area contributed by atoms with E-state index in [1.54, 1.807) is 6.07 Å². The van der Waals surface area contributed by atoms with Crippen LogP contribution in [0.4, 0.5) is 14.5 Å². The van der Waals surface area contributed by atoms with Gasteiger partial charge in [-0.2, -0.15) is 5.10 Å². The van der Waals surface area contributed by atoms with Crippen LogP contribution in [0.1, 0.15) is 18.4 Å². The van der Waals surface area contributed by atoms with Gasteiger partial charge in [0.25, 0.3) is 0 Å². The van der Waals surface area contributed by atoms with Crippen LogP contribution in [0.25, 0.3) is 10.9 Å². The van der Waals surface area contributed by atoms with Crippen LogP contribution in [0.3, 0.4) is 0 Å². The second-order valence-corrected chi connectivity index (χ2v) is 6.64. The molecule has 130 valence electrons. The first-order chi connectivity index (χ1) is 12.2. The Morgan fingerprint density at radius 1 is 1.16 bits per heavy atom. The zero-order valence-corrected chi connectivity index (χ0v) is 13.8. The molecule has 4 nitrogen and oxygen atoms in total. The Morgan fingerprint density at radius 3 is 2.96 bits per heavy atom. The summed E-state index contributed by atoms with van der Waals surface area (Å²) in [6, 6.07) is 10.6. The minimum atomic E-state index is -0.795. The lowest BCUT2D eigenvalue weighted by Gasteiger charge is -2.33. The molecule has 25 heavy (non-hydrogen) atoms. The maximum Gasteiger partial charge on any atom is 0.159 e. The number of hydrogen-bond acceptors (Lipinski definition) is 3. The predicted octanol–water partition coefficient (Wildman–Crippen LogP) is 3.92. The highest BCUT2D eigenvalue weighted by molar-refractivity contribution is 5.81. The Balaban J connectivity index is 1.40. The molecule has 4 rings (SSSR count). The SMILES string of the molecule is Fc1ccc(CN2CCC[C@@H](Nc3ccc4[nH]ncc4c3)C2)cc1F. The Bertz CT molecular complexity index is 877. The number of rotatable bonds is 4. The Kier molecular flexibility index (Phi) is 4.36. The van der Waals surface area contributed by atoms with E-state index in [1.807, 2.05) is 12.3 Å². The average Bonchev–Trinajstić information content (AvgIpc) is 3.06. The molecule has 0 aliphatic carbocycles. The van der Waals surface area contributed by atoms with Gasteiger partial charge in [0, 0.05) is 30.2 Å². The molecule has 0 radical (unpaired) electrons. The number of nitrogens with zero attached hydrogens (tertiary/aromatic N) is 2. The largest absolute Gasteiger partial charge is 0.381 e. The third-order valence-corrected chi connectivity index (χ3v) is 4.71. The lowest BCUT2D eigenvalue weighted by molar-refractivity contribution is 0.208. The summed E-state index contributed by atoms with van der Waals surface area (Å²) in [5.74, 6) is -1.57. The van der Waals surface area contributed by atoms with Crippen molar-refractivity contribution in [2.75, 3.05) is 18.4 Å². The van der Waals surface area contributed by atoms with Gasteiger partial charge in [-0.1, -0.05) is 6.07 Å². The Hall–Kier alpha value is -2.47. The molecular weight excluding hydrogens is 322 g/mol. The van der Waals surface area contributed by atoms with E-state index in [2.05, 4.69) is 32.5 Å². The van der Waals surface area contributed by atoms with Crippen LogP contribution < -0.4 is 5.32 Å². The van der Waals surface area contributed by atoms with Gasteiger partial charge >= 0.3 is 0 Å². The maximum atomic E-state index is 13.4. The van der Waals surface area contributed by atoms with Gasteiger partial charge in [0.05, 0.1) is 11.7 Å². The smallest absolute Gasteiger partial charge is 0.159 e. The van der Waals surface area contributed by atoms with E-state index in [0.717, 1.165) is 48.1 Å². The third kappa shape index (κ3) is 3.64. The summed E-state index contributed by atoms with van der Waals surface area (Å²) in [6.45, 7) is 2.48. The second-order valence-electron chi connectivity index (χ2n) is 6.64. The average molecular weight is 342 g/mol. The van der Waals surface area contributed by atoms with Crippen LogP contribution in [0.5, 0.6) is 0 Å². The van der Waals surface area contributed by atoms with E-state index in [-0.39, 0.29) is 0 Å². The molecule has 1 aromatic heterocycles. The molecule has 1 saturated heterocycles. The van der Waals surface area contributed by atoms with Crippen molar-refractivity contribution >= 4 is 16.6 Å². The third-order valence-electron chi connectivity index (χ3n) is 4.71. The minimum Gasteiger partial charge on any atom is -0.381 e. The van der Waals surface area contributed by atoms with Crippen LogP contribution in [-0.2, 0) is 6.54 Å². The molecule has 2 aromatic carbocycles. The minimum absolute atomic E-state index is 0.336. The van der Waals surface area contributed by atoms with E-state index in [9.17, 15) is 8.78 Å². The fourth-order valence-corrected chi connectivity index (χ4v) is 3.48. The number of piperidine rings is 1. The summed E-state index contributed by atoms with van der Waals surface area (Å²) in [5, 5.41) is 11.7. The molecule has 0 spiro atoms. The number of nitrogens with one attached hydrogen (secondary N) is 2. The molecule has 6 heteroatoms. The molecule has 0 saturated carbocycles. The molecule has 1 aliphatic heterocycles. The van der Waals surface area contributed by atoms with Crippen molar-refractivity contribution in [1.82, 2.24) is 15.1 Å². The van der Waals surface area contributed by atoms with Crippen LogP contribution >= 0.6 is 0 Å². The van der Waals surface area contributed by atoms with Crippen molar-refractivity contribution < 1.29 is 8.78 Å². The Labute approximate surface area is 144 Å². The van der Waals surface area contributed by atoms with Gasteiger partial charge in [-0.15, -0.1) is 0 Å². The summed E-state index contributed by atoms with van der Waals surface area (Å²) < 4.78 is 26.4. The zero-order valence-electron chi connectivity index (χ0n) is 13.8. The van der Waals surface area contributed by atoms with Gasteiger partial charge in [-0.3, -0.25) is 10.00 Å². The van der Waals surface area contributed by atoms with E-state index in [0.29, 0.717) is 12.6 Å². The normalized spacial score (nSPS) is 18.6. The van der Waals surface area contributed by atoms with Crippen molar-refractivity contribution in [3.63, 3.8) is 0 Å². The Morgan fingerprint density at radius 2 is 2.08 bits per heavy atom. The number of hydrogen-bond donors (Lipinski definition) is 2. The molecule has 3 aromatic rings. The molecule has 0 amide bonds. The monoisotopic (exact) mass is 342 g/mol. The molecule has 2 heterocycles. The summed E-state index contributed by atoms with van der Waals surface area (Å²) in [4.78, 5) is 2.28. The van der Waals surface area contributed by atoms with Crippen molar-refractivity contribution in [2.24, 2.45) is 0 Å². The predicted molar refractivity (Wildman–Crippen MR) is 94.4 cm³/mol. The molecule has 1 fully saturated rings. The van der Waals surface area contributed by atoms with Crippen LogP contribution in [0, 0.1) is 11.6 Å². The molecule has 1 atom stereocenters. The first-order valence-electron chi connectivity index (χ1n) is 8.53. The van der Waals surface area contributed by atoms with Gasteiger partial charge in [0.15, 0.2) is 11.6 Å². The van der Waals surface area contributed by atoms with Crippen molar-refractivity contribution in [1.29, 1.82) is 0 Å². The lowest BCUT2D eigenvalue weighted by atomic mass is 10.0. The number of anilines is 1. The number of fused-ring (bicyclic) bond motifs is 1. The van der Waals surface area contributed by atoms with Crippen LogP contribution in [0.2, 0.25) is 0 Å². The number of benzene rings is 2. The van der Waals surface area contributed by atoms with Gasteiger partial charge in [-0.05, 0) is 55.3 Å². The molecule has 1 aliphatic rings. The highest BCUT2D eigenvalue weighted by Gasteiger charge is 2.20. The van der Waals surface area contributed by atoms with Crippen LogP contribution in [-0.4, -0.2) is 34.2 Å². The number of likely N-dealkylation sites (tertiary alicyclic amines) is 1. The van der Waals surface area contributed by atoms with Crippen LogP contribution in [0.15, 0.2) is 42.6 Å². The van der Waals surface area contributed by atoms with E-state index in [4.69, 9.17) is 0 Å². The van der Waals surface area contributed by atoms with Gasteiger partial charge in [0.1, 0.15) is 0 Å². The van der Waals surface area contributed by atoms with Gasteiger partial charge in [-0.25, -0.2) is 8.78 Å². The number of H-pyrrole nitrogens is 1. The van der Waals surface area contributed by atoms with Gasteiger partial charge in [0.2, 0.25) is 0 Å². The highest BCUT2D eigenvalue weighted by Crippen LogP contribution is 2.21. The molecular formula is C19H20F2N4.